The molecule has 0 aliphatic heterocycles. The van der Waals surface area contributed by atoms with E-state index in [1.807, 2.05) is 0 Å². The number of carbonyl (C=O) groups is 1. The first-order valence-corrected chi connectivity index (χ1v) is 6.05. The molecule has 0 spiro atoms. The van der Waals surface area contributed by atoms with E-state index in [-0.39, 0.29) is 12.5 Å². The molecular weight excluding hydrogens is 220 g/mol. The number of aryl methyl sites for hydroxylation is 1. The average Bonchev–Trinajstić information content (AvgIpc) is 3.03. The number of hydrogen-bond acceptors (Lipinski definition) is 4. The number of aliphatic hydroxyl groups is 1. The maximum Gasteiger partial charge on any atom is 0.222 e. The van der Waals surface area contributed by atoms with Crippen LogP contribution in [-0.4, -0.2) is 50.1 Å². The zero-order valence-electron chi connectivity index (χ0n) is 9.83. The van der Waals surface area contributed by atoms with E-state index >= 15 is 0 Å². The number of aliphatic hydroxyl groups excluding tert-OH is 1. The minimum atomic E-state index is 0.0469. The van der Waals surface area contributed by atoms with Gasteiger partial charge in [0.05, 0.1) is 12.8 Å². The Morgan fingerprint density at radius 3 is 2.94 bits per heavy atom. The molecule has 1 heterocycles. The lowest BCUT2D eigenvalue weighted by atomic mass is 10.2. The molecule has 1 aromatic rings. The first kappa shape index (κ1) is 12.0. The van der Waals surface area contributed by atoms with Gasteiger partial charge in [-0.15, -0.1) is 5.10 Å². The SMILES string of the molecule is O=C(CCCn1ccnn1)N(CCO)C1CC1. The second-order valence-electron chi connectivity index (χ2n) is 4.31. The molecule has 2 rings (SSSR count). The molecule has 17 heavy (non-hydrogen) atoms. The van der Waals surface area contributed by atoms with Gasteiger partial charge in [0, 0.05) is 31.7 Å². The number of hydrogen-bond donors (Lipinski definition) is 1. The number of amides is 1. The molecule has 1 aromatic heterocycles. The van der Waals surface area contributed by atoms with Gasteiger partial charge in [0.15, 0.2) is 0 Å². The summed E-state index contributed by atoms with van der Waals surface area (Å²) in [7, 11) is 0. The van der Waals surface area contributed by atoms with E-state index in [1.54, 1.807) is 22.0 Å². The molecule has 94 valence electrons. The molecule has 1 N–H and O–H groups in total. The van der Waals surface area contributed by atoms with Crippen molar-refractivity contribution < 1.29 is 9.90 Å². The van der Waals surface area contributed by atoms with Crippen molar-refractivity contribution in [3.8, 4) is 0 Å². The van der Waals surface area contributed by atoms with Gasteiger partial charge in [-0.2, -0.15) is 0 Å². The van der Waals surface area contributed by atoms with Crippen LogP contribution in [0, 0.1) is 0 Å². The van der Waals surface area contributed by atoms with Crippen molar-refractivity contribution >= 4 is 5.91 Å². The van der Waals surface area contributed by atoms with Crippen molar-refractivity contribution in [2.75, 3.05) is 13.2 Å². The second kappa shape index (κ2) is 5.77. The molecule has 6 heteroatoms. The highest BCUT2D eigenvalue weighted by molar-refractivity contribution is 5.76. The smallest absolute Gasteiger partial charge is 0.222 e. The van der Waals surface area contributed by atoms with Crippen LogP contribution in [0.4, 0.5) is 0 Å². The van der Waals surface area contributed by atoms with Crippen molar-refractivity contribution in [1.82, 2.24) is 19.9 Å². The van der Waals surface area contributed by atoms with Crippen LogP contribution >= 0.6 is 0 Å². The van der Waals surface area contributed by atoms with Crippen molar-refractivity contribution in [3.63, 3.8) is 0 Å². The van der Waals surface area contributed by atoms with Crippen LogP contribution in [0.5, 0.6) is 0 Å². The molecule has 1 fully saturated rings. The third-order valence-corrected chi connectivity index (χ3v) is 2.90. The summed E-state index contributed by atoms with van der Waals surface area (Å²) in [4.78, 5) is 13.7. The van der Waals surface area contributed by atoms with E-state index < -0.39 is 0 Å². The Bertz CT molecular complexity index is 348. The van der Waals surface area contributed by atoms with Gasteiger partial charge in [-0.3, -0.25) is 9.48 Å². The van der Waals surface area contributed by atoms with Gasteiger partial charge in [-0.1, -0.05) is 5.21 Å². The summed E-state index contributed by atoms with van der Waals surface area (Å²) in [5, 5.41) is 16.5. The fourth-order valence-corrected chi connectivity index (χ4v) is 1.89. The Morgan fingerprint density at radius 1 is 1.53 bits per heavy atom. The lowest BCUT2D eigenvalue weighted by Gasteiger charge is -2.21. The normalized spacial score (nSPS) is 14.9. The zero-order chi connectivity index (χ0) is 12.1. The highest BCUT2D eigenvalue weighted by atomic mass is 16.3. The van der Waals surface area contributed by atoms with Crippen molar-refractivity contribution in [2.24, 2.45) is 0 Å². The van der Waals surface area contributed by atoms with Gasteiger partial charge in [-0.25, -0.2) is 0 Å². The maximum atomic E-state index is 11.9. The van der Waals surface area contributed by atoms with Crippen LogP contribution in [0.2, 0.25) is 0 Å². The Kier molecular flexibility index (Phi) is 4.08. The average molecular weight is 238 g/mol. The summed E-state index contributed by atoms with van der Waals surface area (Å²) in [6.45, 7) is 1.22. The third kappa shape index (κ3) is 3.52. The Morgan fingerprint density at radius 2 is 2.35 bits per heavy atom. The monoisotopic (exact) mass is 238 g/mol. The lowest BCUT2D eigenvalue weighted by Crippen LogP contribution is -2.35. The summed E-state index contributed by atoms with van der Waals surface area (Å²) in [5.41, 5.74) is 0. The predicted molar refractivity (Wildman–Crippen MR) is 61.1 cm³/mol. The lowest BCUT2D eigenvalue weighted by molar-refractivity contribution is -0.132. The van der Waals surface area contributed by atoms with Gasteiger partial charge in [-0.05, 0) is 19.3 Å². The minimum Gasteiger partial charge on any atom is -0.395 e. The van der Waals surface area contributed by atoms with Crippen LogP contribution in [0.1, 0.15) is 25.7 Å². The van der Waals surface area contributed by atoms with Crippen molar-refractivity contribution in [2.45, 2.75) is 38.3 Å². The predicted octanol–water partition coefficient (Wildman–Crippen LogP) is 0.0416. The summed E-state index contributed by atoms with van der Waals surface area (Å²) in [6, 6.07) is 0.376. The van der Waals surface area contributed by atoms with Crippen molar-refractivity contribution in [1.29, 1.82) is 0 Å². The molecule has 0 radical (unpaired) electrons. The van der Waals surface area contributed by atoms with Gasteiger partial charge >= 0.3 is 0 Å². The zero-order valence-corrected chi connectivity index (χ0v) is 9.83. The molecule has 1 saturated carbocycles. The molecule has 0 saturated heterocycles. The third-order valence-electron chi connectivity index (χ3n) is 2.90. The molecule has 1 aliphatic carbocycles. The number of aromatic nitrogens is 3. The highest BCUT2D eigenvalue weighted by Crippen LogP contribution is 2.27. The molecular formula is C11H18N4O2. The summed E-state index contributed by atoms with van der Waals surface area (Å²) in [6.07, 6.45) is 6.85. The molecule has 0 bridgehead atoms. The van der Waals surface area contributed by atoms with Crippen LogP contribution in [0.3, 0.4) is 0 Å². The largest absolute Gasteiger partial charge is 0.395 e. The summed E-state index contributed by atoms with van der Waals surface area (Å²) in [5.74, 6) is 0.140. The minimum absolute atomic E-state index is 0.0469. The van der Waals surface area contributed by atoms with Crippen LogP contribution in [0.15, 0.2) is 12.4 Å². The highest BCUT2D eigenvalue weighted by Gasteiger charge is 2.31. The second-order valence-corrected chi connectivity index (χ2v) is 4.31. The van der Waals surface area contributed by atoms with Crippen LogP contribution < -0.4 is 0 Å². The number of rotatable bonds is 7. The number of carbonyl (C=O) groups excluding carboxylic acids is 1. The van der Waals surface area contributed by atoms with Crippen molar-refractivity contribution in [3.05, 3.63) is 12.4 Å². The van der Waals surface area contributed by atoms with E-state index in [9.17, 15) is 4.79 Å². The van der Waals surface area contributed by atoms with E-state index in [4.69, 9.17) is 5.11 Å². The van der Waals surface area contributed by atoms with Gasteiger partial charge in [0.1, 0.15) is 0 Å². The van der Waals surface area contributed by atoms with Gasteiger partial charge in [0.25, 0.3) is 0 Å². The standard InChI is InChI=1S/C11H18N4O2/c16-9-8-15(10-3-4-10)11(17)2-1-6-14-7-5-12-13-14/h5,7,10,16H,1-4,6,8-9H2. The maximum absolute atomic E-state index is 11.9. The molecule has 6 nitrogen and oxygen atoms in total. The summed E-state index contributed by atoms with van der Waals surface area (Å²) >= 11 is 0. The first-order chi connectivity index (χ1) is 8.31. The number of nitrogens with zero attached hydrogens (tertiary/aromatic N) is 4. The molecule has 0 unspecified atom stereocenters. The summed E-state index contributed by atoms with van der Waals surface area (Å²) < 4.78 is 1.72. The molecule has 0 aromatic carbocycles. The quantitative estimate of drug-likeness (QED) is 0.728. The van der Waals surface area contributed by atoms with Gasteiger partial charge in [0.2, 0.25) is 5.91 Å². The van der Waals surface area contributed by atoms with E-state index in [0.717, 1.165) is 19.3 Å². The van der Waals surface area contributed by atoms with E-state index in [1.165, 1.54) is 0 Å². The molecule has 0 atom stereocenters. The Hall–Kier alpha value is -1.43. The first-order valence-electron chi connectivity index (χ1n) is 6.05. The van der Waals surface area contributed by atoms with Gasteiger partial charge < -0.3 is 10.0 Å². The van der Waals surface area contributed by atoms with E-state index in [2.05, 4.69) is 10.3 Å². The van der Waals surface area contributed by atoms with E-state index in [0.29, 0.717) is 25.6 Å². The van der Waals surface area contributed by atoms with Crippen LogP contribution in [0.25, 0.3) is 0 Å². The fraction of sp³-hybridized carbons (Fsp3) is 0.727. The molecule has 1 amide bonds. The Balaban J connectivity index is 1.71. The Labute approximate surface area is 100 Å². The topological polar surface area (TPSA) is 71.2 Å². The molecule has 1 aliphatic rings. The fourth-order valence-electron chi connectivity index (χ4n) is 1.89. The van der Waals surface area contributed by atoms with Crippen LogP contribution in [-0.2, 0) is 11.3 Å².